The van der Waals surface area contributed by atoms with E-state index in [2.05, 4.69) is 6.92 Å². The Kier molecular flexibility index (Phi) is 7.47. The Hall–Kier alpha value is -0.370. The van der Waals surface area contributed by atoms with Crippen LogP contribution in [0.1, 0.15) is 45.4 Å². The quantitative estimate of drug-likeness (QED) is 0.522. The highest BCUT2D eigenvalue weighted by Gasteiger charge is 1.99. The van der Waals surface area contributed by atoms with Crippen LogP contribution in [-0.4, -0.2) is 12.4 Å². The Balaban J connectivity index is 3.09. The first-order valence-corrected chi connectivity index (χ1v) is 4.41. The van der Waals surface area contributed by atoms with Gasteiger partial charge < -0.3 is 0 Å². The Morgan fingerprint density at radius 3 is 2.27 bits per heavy atom. The Morgan fingerprint density at radius 1 is 1.09 bits per heavy atom. The van der Waals surface area contributed by atoms with E-state index in [9.17, 15) is 9.90 Å². The van der Waals surface area contributed by atoms with E-state index in [-0.39, 0.29) is 6.61 Å². The van der Waals surface area contributed by atoms with E-state index >= 15 is 0 Å². The number of carbonyl (C=O) groups excluding carboxylic acids is 1. The topological polar surface area (TPSA) is 37.0 Å². The van der Waals surface area contributed by atoms with E-state index < -0.39 is 0 Å². The fourth-order valence-corrected chi connectivity index (χ4v) is 0.923. The van der Waals surface area contributed by atoms with Crippen molar-refractivity contribution in [3.63, 3.8) is 0 Å². The van der Waals surface area contributed by atoms with Crippen LogP contribution in [0.15, 0.2) is 0 Å². The molecule has 0 aromatic rings. The summed E-state index contributed by atoms with van der Waals surface area (Å²) in [6, 6.07) is 0. The molecule has 0 heterocycles. The standard InChI is InChI=1S/C9H17O2/c1-2-3-6-9(11)7-4-5-8-10/h2-8H2,1H3. The van der Waals surface area contributed by atoms with E-state index in [4.69, 9.17) is 0 Å². The van der Waals surface area contributed by atoms with Gasteiger partial charge in [-0.25, -0.2) is 5.11 Å². The molecule has 0 aromatic carbocycles. The van der Waals surface area contributed by atoms with E-state index in [1.807, 2.05) is 0 Å². The third-order valence-corrected chi connectivity index (χ3v) is 1.66. The molecule has 0 atom stereocenters. The van der Waals surface area contributed by atoms with Gasteiger partial charge in [-0.05, 0) is 19.3 Å². The van der Waals surface area contributed by atoms with Crippen molar-refractivity contribution in [1.29, 1.82) is 0 Å². The smallest absolute Gasteiger partial charge is 0.132 e. The molecule has 0 unspecified atom stereocenters. The lowest BCUT2D eigenvalue weighted by molar-refractivity contribution is -0.119. The van der Waals surface area contributed by atoms with E-state index in [0.717, 1.165) is 19.3 Å². The zero-order valence-corrected chi connectivity index (χ0v) is 7.27. The molecule has 0 aromatic heterocycles. The molecule has 0 aliphatic rings. The molecule has 0 saturated carbocycles. The number of carbonyl (C=O) groups is 1. The Bertz CT molecular complexity index is 99.7. The minimum absolute atomic E-state index is 0.0406. The second-order valence-corrected chi connectivity index (χ2v) is 2.80. The summed E-state index contributed by atoms with van der Waals surface area (Å²) in [6.07, 6.45) is 4.82. The van der Waals surface area contributed by atoms with Crippen LogP contribution in [0.25, 0.3) is 0 Å². The third kappa shape index (κ3) is 7.53. The van der Waals surface area contributed by atoms with Crippen LogP contribution >= 0.6 is 0 Å². The predicted molar refractivity (Wildman–Crippen MR) is 43.9 cm³/mol. The molecule has 0 aliphatic heterocycles. The number of hydrogen-bond acceptors (Lipinski definition) is 1. The molecular formula is C9H17O2. The molecule has 0 spiro atoms. The molecule has 0 rings (SSSR count). The lowest BCUT2D eigenvalue weighted by Crippen LogP contribution is -1.97. The molecule has 2 heteroatoms. The van der Waals surface area contributed by atoms with Crippen molar-refractivity contribution in [1.82, 2.24) is 0 Å². The average molecular weight is 157 g/mol. The Labute approximate surface area is 68.6 Å². The minimum Gasteiger partial charge on any atom is -0.300 e. The van der Waals surface area contributed by atoms with Gasteiger partial charge in [0.1, 0.15) is 5.78 Å². The molecule has 0 aliphatic carbocycles. The normalized spacial score (nSPS) is 10.0. The van der Waals surface area contributed by atoms with Gasteiger partial charge in [-0.3, -0.25) is 4.79 Å². The second kappa shape index (κ2) is 7.73. The molecule has 0 N–H and O–H groups in total. The van der Waals surface area contributed by atoms with Gasteiger partial charge in [-0.1, -0.05) is 13.3 Å². The van der Waals surface area contributed by atoms with Crippen molar-refractivity contribution < 1.29 is 9.90 Å². The van der Waals surface area contributed by atoms with Crippen LogP contribution in [-0.2, 0) is 9.90 Å². The monoisotopic (exact) mass is 157 g/mol. The lowest BCUT2D eigenvalue weighted by Gasteiger charge is -1.97. The van der Waals surface area contributed by atoms with Crippen molar-refractivity contribution >= 4 is 5.78 Å². The van der Waals surface area contributed by atoms with Gasteiger partial charge in [0.15, 0.2) is 0 Å². The van der Waals surface area contributed by atoms with E-state index in [1.54, 1.807) is 0 Å². The van der Waals surface area contributed by atoms with Crippen LogP contribution < -0.4 is 0 Å². The van der Waals surface area contributed by atoms with Gasteiger partial charge in [-0.15, -0.1) is 0 Å². The number of Topliss-reactive ketones (excluding diaryl/α,β-unsaturated/α-hetero) is 1. The summed E-state index contributed by atoms with van der Waals surface area (Å²) in [4.78, 5) is 11.0. The summed E-state index contributed by atoms with van der Waals surface area (Å²) in [5, 5.41) is 10.0. The first-order valence-electron chi connectivity index (χ1n) is 4.41. The van der Waals surface area contributed by atoms with Crippen molar-refractivity contribution in [3.05, 3.63) is 0 Å². The largest absolute Gasteiger partial charge is 0.300 e. The molecule has 1 radical (unpaired) electrons. The van der Waals surface area contributed by atoms with E-state index in [0.29, 0.717) is 25.0 Å². The summed E-state index contributed by atoms with van der Waals surface area (Å²) < 4.78 is 0. The van der Waals surface area contributed by atoms with Crippen molar-refractivity contribution in [2.75, 3.05) is 6.61 Å². The summed E-state index contributed by atoms with van der Waals surface area (Å²) in [5.41, 5.74) is 0. The Morgan fingerprint density at radius 2 is 1.73 bits per heavy atom. The number of rotatable bonds is 7. The highest BCUT2D eigenvalue weighted by Crippen LogP contribution is 2.02. The fraction of sp³-hybridized carbons (Fsp3) is 0.889. The molecule has 0 amide bonds. The van der Waals surface area contributed by atoms with Gasteiger partial charge in [0.05, 0.1) is 6.61 Å². The fourth-order valence-electron chi connectivity index (χ4n) is 0.923. The van der Waals surface area contributed by atoms with Crippen molar-refractivity contribution in [3.8, 4) is 0 Å². The lowest BCUT2D eigenvalue weighted by atomic mass is 10.1. The summed E-state index contributed by atoms with van der Waals surface area (Å²) in [5.74, 6) is 0.320. The van der Waals surface area contributed by atoms with Crippen molar-refractivity contribution in [2.24, 2.45) is 0 Å². The molecule has 2 nitrogen and oxygen atoms in total. The summed E-state index contributed by atoms with van der Waals surface area (Å²) in [6.45, 7) is 2.03. The first kappa shape index (κ1) is 10.6. The van der Waals surface area contributed by atoms with Gasteiger partial charge >= 0.3 is 0 Å². The van der Waals surface area contributed by atoms with Gasteiger partial charge in [0, 0.05) is 12.8 Å². The SMILES string of the molecule is CCCCC(=O)CCCC[O]. The third-order valence-electron chi connectivity index (χ3n) is 1.66. The average Bonchev–Trinajstić information content (AvgIpc) is 2.01. The molecule has 65 valence electrons. The summed E-state index contributed by atoms with van der Waals surface area (Å²) in [7, 11) is 0. The van der Waals surface area contributed by atoms with Crippen molar-refractivity contribution in [2.45, 2.75) is 45.4 Å². The maximum absolute atomic E-state index is 11.0. The first-order chi connectivity index (χ1) is 5.31. The zero-order chi connectivity index (χ0) is 8.53. The number of hydrogen-bond donors (Lipinski definition) is 0. The maximum Gasteiger partial charge on any atom is 0.132 e. The van der Waals surface area contributed by atoms with Gasteiger partial charge in [0.2, 0.25) is 0 Å². The van der Waals surface area contributed by atoms with Crippen LogP contribution in [0, 0.1) is 0 Å². The van der Waals surface area contributed by atoms with Crippen LogP contribution in [0.2, 0.25) is 0 Å². The highest BCUT2D eigenvalue weighted by atomic mass is 16.2. The molecular weight excluding hydrogens is 140 g/mol. The molecule has 0 fully saturated rings. The molecule has 0 bridgehead atoms. The van der Waals surface area contributed by atoms with Gasteiger partial charge in [0.25, 0.3) is 0 Å². The van der Waals surface area contributed by atoms with Crippen LogP contribution in [0.3, 0.4) is 0 Å². The van der Waals surface area contributed by atoms with Gasteiger partial charge in [-0.2, -0.15) is 0 Å². The minimum atomic E-state index is -0.0406. The summed E-state index contributed by atoms with van der Waals surface area (Å²) >= 11 is 0. The van der Waals surface area contributed by atoms with E-state index in [1.165, 1.54) is 0 Å². The number of ketones is 1. The second-order valence-electron chi connectivity index (χ2n) is 2.80. The number of unbranched alkanes of at least 4 members (excludes halogenated alkanes) is 2. The zero-order valence-electron chi connectivity index (χ0n) is 7.27. The highest BCUT2D eigenvalue weighted by molar-refractivity contribution is 5.78. The predicted octanol–water partition coefficient (Wildman–Crippen LogP) is 2.35. The molecule has 0 saturated heterocycles. The maximum atomic E-state index is 11.0. The van der Waals surface area contributed by atoms with Crippen LogP contribution in [0.4, 0.5) is 0 Å². The molecule has 11 heavy (non-hydrogen) atoms. The van der Waals surface area contributed by atoms with Crippen LogP contribution in [0.5, 0.6) is 0 Å².